The Morgan fingerprint density at radius 3 is 2.39 bits per heavy atom. The molecule has 3 N–H and O–H groups in total. The van der Waals surface area contributed by atoms with E-state index in [2.05, 4.69) is 5.32 Å². The van der Waals surface area contributed by atoms with E-state index in [9.17, 15) is 38.0 Å². The fraction of sp³-hybridized carbons (Fsp3) is 0.250. The lowest BCUT2D eigenvalue weighted by Crippen LogP contribution is -2.72. The van der Waals surface area contributed by atoms with Gasteiger partial charge in [0.2, 0.25) is 5.72 Å². The Kier molecular flexibility index (Phi) is 4.59. The van der Waals surface area contributed by atoms with Crippen LogP contribution in [-0.2, 0) is 0 Å². The van der Waals surface area contributed by atoms with Gasteiger partial charge in [0.05, 0.1) is 6.07 Å². The third-order valence-corrected chi connectivity index (χ3v) is 4.25. The lowest BCUT2D eigenvalue weighted by Gasteiger charge is -2.44. The fourth-order valence-corrected chi connectivity index (χ4v) is 2.97. The Balaban J connectivity index is 2.15. The van der Waals surface area contributed by atoms with Crippen LogP contribution in [0.1, 0.15) is 22.2 Å². The van der Waals surface area contributed by atoms with Gasteiger partial charge in [-0.3, -0.25) is 14.9 Å². The second-order valence-corrected chi connectivity index (χ2v) is 5.98. The van der Waals surface area contributed by atoms with Crippen molar-refractivity contribution in [1.82, 2.24) is 10.6 Å². The Morgan fingerprint density at radius 1 is 1.21 bits per heavy atom. The zero-order valence-electron chi connectivity index (χ0n) is 13.8. The number of nitrogens with one attached hydrogen (secondary N) is 2. The number of aliphatic hydroxyl groups is 1. The van der Waals surface area contributed by atoms with Crippen LogP contribution in [0.15, 0.2) is 46.9 Å². The highest BCUT2D eigenvalue weighted by atomic mass is 19.4. The van der Waals surface area contributed by atoms with Crippen molar-refractivity contribution >= 4 is 17.7 Å². The van der Waals surface area contributed by atoms with E-state index in [1.807, 2.05) is 0 Å². The van der Waals surface area contributed by atoms with Crippen molar-refractivity contribution in [1.29, 1.82) is 0 Å². The predicted molar refractivity (Wildman–Crippen MR) is 85.0 cm³/mol. The molecule has 1 fully saturated rings. The summed E-state index contributed by atoms with van der Waals surface area (Å²) in [5, 5.41) is 24.5. The van der Waals surface area contributed by atoms with Gasteiger partial charge in [0.1, 0.15) is 22.6 Å². The summed E-state index contributed by atoms with van der Waals surface area (Å²) in [5.74, 6) is -4.77. The zero-order valence-corrected chi connectivity index (χ0v) is 13.8. The summed E-state index contributed by atoms with van der Waals surface area (Å²) >= 11 is 0. The molecule has 1 saturated heterocycles. The number of rotatable bonds is 4. The highest BCUT2D eigenvalue weighted by Gasteiger charge is 2.67. The number of urea groups is 1. The van der Waals surface area contributed by atoms with E-state index < -0.39 is 52.2 Å². The molecular formula is C16H12F3N3O6. The number of carbonyl (C=O) groups is 2. The van der Waals surface area contributed by atoms with E-state index in [0.29, 0.717) is 0 Å². The number of hydrogen-bond donors (Lipinski definition) is 3. The van der Waals surface area contributed by atoms with Crippen LogP contribution in [0.5, 0.6) is 0 Å². The number of nitrogens with zero attached hydrogens (tertiary/aromatic N) is 1. The van der Waals surface area contributed by atoms with Crippen molar-refractivity contribution in [2.75, 3.05) is 0 Å². The average molecular weight is 399 g/mol. The summed E-state index contributed by atoms with van der Waals surface area (Å²) in [4.78, 5) is 34.5. The molecule has 0 unspecified atom stereocenters. The largest absolute Gasteiger partial charge is 0.437 e. The van der Waals surface area contributed by atoms with Gasteiger partial charge < -0.3 is 20.2 Å². The first-order valence-corrected chi connectivity index (χ1v) is 7.76. The summed E-state index contributed by atoms with van der Waals surface area (Å²) in [5.41, 5.74) is -4.10. The molecule has 2 aromatic rings. The molecule has 0 bridgehead atoms. The van der Waals surface area contributed by atoms with Gasteiger partial charge in [-0.2, -0.15) is 13.2 Å². The maximum Gasteiger partial charge on any atom is 0.437 e. The molecule has 1 aliphatic rings. The molecule has 0 radical (unpaired) electrons. The van der Waals surface area contributed by atoms with Crippen LogP contribution in [-0.4, -0.2) is 33.7 Å². The second kappa shape index (κ2) is 6.64. The number of benzene rings is 1. The van der Waals surface area contributed by atoms with Crippen molar-refractivity contribution in [2.24, 2.45) is 5.92 Å². The molecule has 3 rings (SSSR count). The summed E-state index contributed by atoms with van der Waals surface area (Å²) < 4.78 is 45.9. The zero-order chi connectivity index (χ0) is 20.7. The molecule has 2 heterocycles. The van der Waals surface area contributed by atoms with Crippen LogP contribution in [0, 0.1) is 16.0 Å². The second-order valence-electron chi connectivity index (χ2n) is 5.98. The van der Waals surface area contributed by atoms with Gasteiger partial charge in [-0.25, -0.2) is 4.79 Å². The quantitative estimate of drug-likeness (QED) is 0.410. The smallest absolute Gasteiger partial charge is 0.404 e. The molecule has 148 valence electrons. The third kappa shape index (κ3) is 3.17. The lowest BCUT2D eigenvalue weighted by atomic mass is 9.79. The van der Waals surface area contributed by atoms with Crippen molar-refractivity contribution in [3.05, 3.63) is 63.9 Å². The number of ketones is 1. The number of Topliss-reactive ketones (excluding diaryl/α,β-unsaturated/α-hetero) is 1. The Morgan fingerprint density at radius 2 is 1.86 bits per heavy atom. The number of furan rings is 1. The maximum absolute atomic E-state index is 13.7. The SMILES string of the molecule is O=C1N[C@@H](c2ccc([N+](=O)[O-])o2)[C@@H](C(=O)c2ccccc2)[C@@](O)(C(F)(F)F)N1. The van der Waals surface area contributed by atoms with Gasteiger partial charge >= 0.3 is 18.1 Å². The monoisotopic (exact) mass is 399 g/mol. The molecule has 1 aliphatic heterocycles. The maximum atomic E-state index is 13.7. The molecule has 0 aliphatic carbocycles. The molecule has 2 amide bonds. The molecule has 28 heavy (non-hydrogen) atoms. The van der Waals surface area contributed by atoms with E-state index >= 15 is 0 Å². The Hall–Kier alpha value is -3.41. The first-order valence-electron chi connectivity index (χ1n) is 7.76. The molecule has 12 heteroatoms. The van der Waals surface area contributed by atoms with Gasteiger partial charge in [0.25, 0.3) is 0 Å². The van der Waals surface area contributed by atoms with Gasteiger partial charge in [0.15, 0.2) is 5.78 Å². The predicted octanol–water partition coefficient (Wildman–Crippen LogP) is 2.29. The van der Waals surface area contributed by atoms with Gasteiger partial charge in [-0.05, 0) is 6.07 Å². The van der Waals surface area contributed by atoms with Crippen LogP contribution in [0.4, 0.5) is 23.8 Å². The van der Waals surface area contributed by atoms with Crippen LogP contribution in [0.3, 0.4) is 0 Å². The average Bonchev–Trinajstić information content (AvgIpc) is 3.11. The topological polar surface area (TPSA) is 135 Å². The molecule has 0 saturated carbocycles. The number of hydrogen-bond acceptors (Lipinski definition) is 6. The van der Waals surface area contributed by atoms with Crippen molar-refractivity contribution in [2.45, 2.75) is 17.9 Å². The van der Waals surface area contributed by atoms with E-state index in [4.69, 9.17) is 4.42 Å². The standard InChI is InChI=1S/C16H12F3N3O6/c17-16(18,19)15(25)11(13(23)8-4-2-1-3-5-8)12(20-14(24)21-15)9-6-7-10(28-9)22(26)27/h1-7,11-12,25H,(H2,20,21,24)/t11-,12-,15+/m0/s1. The number of alkyl halides is 3. The Labute approximate surface area is 154 Å². The summed E-state index contributed by atoms with van der Waals surface area (Å²) in [6.45, 7) is 0. The fourth-order valence-electron chi connectivity index (χ4n) is 2.97. The van der Waals surface area contributed by atoms with Gasteiger partial charge in [-0.1, -0.05) is 30.3 Å². The normalized spacial score (nSPS) is 24.9. The summed E-state index contributed by atoms with van der Waals surface area (Å²) in [6.07, 6.45) is -5.43. The first-order chi connectivity index (χ1) is 13.0. The minimum atomic E-state index is -5.43. The minimum absolute atomic E-state index is 0.167. The number of halogens is 3. The van der Waals surface area contributed by atoms with Crippen LogP contribution in [0.25, 0.3) is 0 Å². The first kappa shape index (κ1) is 19.4. The molecule has 1 aromatic heterocycles. The van der Waals surface area contributed by atoms with Crippen molar-refractivity contribution in [3.63, 3.8) is 0 Å². The Bertz CT molecular complexity index is 929. The van der Waals surface area contributed by atoms with Crippen molar-refractivity contribution < 1.29 is 37.2 Å². The highest BCUT2D eigenvalue weighted by Crippen LogP contribution is 2.44. The number of amides is 2. The van der Waals surface area contributed by atoms with Gasteiger partial charge in [0, 0.05) is 5.56 Å². The van der Waals surface area contributed by atoms with Crippen molar-refractivity contribution in [3.8, 4) is 0 Å². The molecule has 3 atom stereocenters. The van der Waals surface area contributed by atoms with E-state index in [-0.39, 0.29) is 5.56 Å². The molecule has 1 aromatic carbocycles. The lowest BCUT2D eigenvalue weighted by molar-refractivity contribution is -0.402. The summed E-state index contributed by atoms with van der Waals surface area (Å²) in [6, 6.07) is 5.37. The van der Waals surface area contributed by atoms with Gasteiger partial charge in [-0.15, -0.1) is 0 Å². The molecule has 0 spiro atoms. The minimum Gasteiger partial charge on any atom is -0.404 e. The van der Waals surface area contributed by atoms with Crippen LogP contribution < -0.4 is 10.6 Å². The van der Waals surface area contributed by atoms with E-state index in [1.165, 1.54) is 35.6 Å². The third-order valence-electron chi connectivity index (χ3n) is 4.25. The molecular weight excluding hydrogens is 387 g/mol. The van der Waals surface area contributed by atoms with Crippen LogP contribution >= 0.6 is 0 Å². The van der Waals surface area contributed by atoms with E-state index in [0.717, 1.165) is 12.1 Å². The number of nitro groups is 1. The highest BCUT2D eigenvalue weighted by molar-refractivity contribution is 6.00. The molecule has 9 nitrogen and oxygen atoms in total. The van der Waals surface area contributed by atoms with Crippen LogP contribution in [0.2, 0.25) is 0 Å². The van der Waals surface area contributed by atoms with E-state index in [1.54, 1.807) is 0 Å². The number of carbonyl (C=O) groups excluding carboxylic acids is 2. The summed E-state index contributed by atoms with van der Waals surface area (Å²) in [7, 11) is 0.